The largest absolute Gasteiger partial charge is 0.478 e. The van der Waals surface area contributed by atoms with E-state index in [-0.39, 0.29) is 5.56 Å². The predicted octanol–water partition coefficient (Wildman–Crippen LogP) is 2.64. The molecule has 1 N–H and O–H groups in total. The van der Waals surface area contributed by atoms with Gasteiger partial charge in [0.05, 0.1) is 17.4 Å². The quantitative estimate of drug-likeness (QED) is 0.920. The number of hydrogen-bond acceptors (Lipinski definition) is 2. The number of aromatic carboxylic acids is 1. The highest BCUT2D eigenvalue weighted by atomic mass is 79.9. The van der Waals surface area contributed by atoms with Crippen molar-refractivity contribution in [2.45, 2.75) is 6.92 Å². The summed E-state index contributed by atoms with van der Waals surface area (Å²) in [6.45, 7) is 1.91. The summed E-state index contributed by atoms with van der Waals surface area (Å²) < 4.78 is 2.29. The third kappa shape index (κ3) is 1.99. The molecule has 0 radical (unpaired) electrons. The molecule has 0 atom stereocenters. The number of benzene rings is 1. The SMILES string of the molecule is Cc1cnn(-c2ccc(Br)cc2C(=O)O)c1. The highest BCUT2D eigenvalue weighted by Crippen LogP contribution is 2.20. The minimum atomic E-state index is -0.968. The molecule has 2 aromatic rings. The summed E-state index contributed by atoms with van der Waals surface area (Å²) in [4.78, 5) is 11.1. The van der Waals surface area contributed by atoms with Crippen LogP contribution in [0.3, 0.4) is 0 Å². The zero-order valence-corrected chi connectivity index (χ0v) is 10.1. The van der Waals surface area contributed by atoms with Crippen molar-refractivity contribution in [1.82, 2.24) is 9.78 Å². The molecule has 1 heterocycles. The van der Waals surface area contributed by atoms with E-state index >= 15 is 0 Å². The standard InChI is InChI=1S/C11H9BrN2O2/c1-7-5-13-14(6-7)10-3-2-8(12)4-9(10)11(15)16/h2-6H,1H3,(H,15,16). The van der Waals surface area contributed by atoms with Gasteiger partial charge in [0.2, 0.25) is 0 Å². The first kappa shape index (κ1) is 10.9. The van der Waals surface area contributed by atoms with Crippen LogP contribution in [-0.4, -0.2) is 20.9 Å². The van der Waals surface area contributed by atoms with Crippen LogP contribution < -0.4 is 0 Å². The van der Waals surface area contributed by atoms with Crippen molar-refractivity contribution in [3.05, 3.63) is 46.2 Å². The van der Waals surface area contributed by atoms with Crippen LogP contribution in [0.1, 0.15) is 15.9 Å². The lowest BCUT2D eigenvalue weighted by Gasteiger charge is -2.06. The molecular weight excluding hydrogens is 272 g/mol. The maximum atomic E-state index is 11.1. The average molecular weight is 281 g/mol. The highest BCUT2D eigenvalue weighted by molar-refractivity contribution is 9.10. The van der Waals surface area contributed by atoms with Gasteiger partial charge in [0, 0.05) is 10.7 Å². The van der Waals surface area contributed by atoms with Gasteiger partial charge in [-0.25, -0.2) is 9.48 Å². The van der Waals surface area contributed by atoms with Gasteiger partial charge >= 0.3 is 5.97 Å². The van der Waals surface area contributed by atoms with E-state index in [2.05, 4.69) is 21.0 Å². The van der Waals surface area contributed by atoms with E-state index in [1.807, 2.05) is 6.92 Å². The summed E-state index contributed by atoms with van der Waals surface area (Å²) in [5.74, 6) is -0.968. The van der Waals surface area contributed by atoms with E-state index in [1.165, 1.54) is 0 Å². The normalized spacial score (nSPS) is 10.4. The van der Waals surface area contributed by atoms with Gasteiger partial charge < -0.3 is 5.11 Å². The minimum Gasteiger partial charge on any atom is -0.478 e. The molecule has 0 spiro atoms. The maximum Gasteiger partial charge on any atom is 0.337 e. The molecule has 0 fully saturated rings. The molecule has 0 aliphatic rings. The van der Waals surface area contributed by atoms with Crippen molar-refractivity contribution in [3.8, 4) is 5.69 Å². The lowest BCUT2D eigenvalue weighted by atomic mass is 10.2. The Hall–Kier alpha value is -1.62. The summed E-state index contributed by atoms with van der Waals surface area (Å²) in [7, 11) is 0. The predicted molar refractivity (Wildman–Crippen MR) is 63.0 cm³/mol. The first-order valence-electron chi connectivity index (χ1n) is 4.62. The number of rotatable bonds is 2. The summed E-state index contributed by atoms with van der Waals surface area (Å²) >= 11 is 3.25. The van der Waals surface area contributed by atoms with Gasteiger partial charge in [-0.1, -0.05) is 15.9 Å². The van der Waals surface area contributed by atoms with Gasteiger partial charge in [-0.2, -0.15) is 5.10 Å². The summed E-state index contributed by atoms with van der Waals surface area (Å²) in [6, 6.07) is 5.08. The first-order chi connectivity index (χ1) is 7.58. The maximum absolute atomic E-state index is 11.1. The second kappa shape index (κ2) is 4.09. The Morgan fingerprint density at radius 3 is 2.81 bits per heavy atom. The molecule has 0 bridgehead atoms. The molecular formula is C11H9BrN2O2. The van der Waals surface area contributed by atoms with Crippen LogP contribution >= 0.6 is 15.9 Å². The molecule has 0 saturated heterocycles. The summed E-state index contributed by atoms with van der Waals surface area (Å²) in [5, 5.41) is 13.2. The zero-order chi connectivity index (χ0) is 11.7. The Kier molecular flexibility index (Phi) is 2.78. The molecule has 5 heteroatoms. The van der Waals surface area contributed by atoms with E-state index in [9.17, 15) is 4.79 Å². The van der Waals surface area contributed by atoms with Crippen LogP contribution in [0.15, 0.2) is 35.1 Å². The molecule has 1 aromatic carbocycles. The van der Waals surface area contributed by atoms with Crippen LogP contribution in [0.25, 0.3) is 5.69 Å². The van der Waals surface area contributed by atoms with E-state index < -0.39 is 5.97 Å². The van der Waals surface area contributed by atoms with Gasteiger partial charge in [-0.15, -0.1) is 0 Å². The highest BCUT2D eigenvalue weighted by Gasteiger charge is 2.12. The summed E-state index contributed by atoms with van der Waals surface area (Å²) in [5.41, 5.74) is 1.76. The first-order valence-corrected chi connectivity index (χ1v) is 5.42. The Balaban J connectivity index is 2.60. The number of carbonyl (C=O) groups is 1. The van der Waals surface area contributed by atoms with Crippen LogP contribution in [0, 0.1) is 6.92 Å². The van der Waals surface area contributed by atoms with Crippen molar-refractivity contribution in [2.75, 3.05) is 0 Å². The summed E-state index contributed by atoms with van der Waals surface area (Å²) in [6.07, 6.45) is 3.48. The van der Waals surface area contributed by atoms with Crippen LogP contribution in [0.4, 0.5) is 0 Å². The lowest BCUT2D eigenvalue weighted by molar-refractivity contribution is 0.0696. The molecule has 2 rings (SSSR count). The molecule has 0 aliphatic heterocycles. The Labute approximate surface area is 101 Å². The number of halogens is 1. The minimum absolute atomic E-state index is 0.220. The molecule has 16 heavy (non-hydrogen) atoms. The Bertz CT molecular complexity index is 549. The number of carboxylic acid groups (broad SMARTS) is 1. The number of aryl methyl sites for hydroxylation is 1. The molecule has 4 nitrogen and oxygen atoms in total. The van der Waals surface area contributed by atoms with Crippen molar-refractivity contribution < 1.29 is 9.90 Å². The lowest BCUT2D eigenvalue weighted by Crippen LogP contribution is -2.05. The fourth-order valence-corrected chi connectivity index (χ4v) is 1.78. The van der Waals surface area contributed by atoms with Gasteiger partial charge in [0.25, 0.3) is 0 Å². The van der Waals surface area contributed by atoms with Gasteiger partial charge in [-0.3, -0.25) is 0 Å². The van der Waals surface area contributed by atoms with Crippen LogP contribution in [-0.2, 0) is 0 Å². The average Bonchev–Trinajstić information content (AvgIpc) is 2.64. The second-order valence-electron chi connectivity index (χ2n) is 3.43. The van der Waals surface area contributed by atoms with E-state index in [1.54, 1.807) is 35.3 Å². The molecule has 1 aromatic heterocycles. The van der Waals surface area contributed by atoms with Crippen molar-refractivity contribution >= 4 is 21.9 Å². The third-order valence-corrected chi connectivity index (χ3v) is 2.64. The van der Waals surface area contributed by atoms with Crippen LogP contribution in [0.2, 0.25) is 0 Å². The third-order valence-electron chi connectivity index (χ3n) is 2.15. The van der Waals surface area contributed by atoms with Gasteiger partial charge in [-0.05, 0) is 30.7 Å². The van der Waals surface area contributed by atoms with Crippen molar-refractivity contribution in [1.29, 1.82) is 0 Å². The molecule has 82 valence electrons. The fourth-order valence-electron chi connectivity index (χ4n) is 1.42. The van der Waals surface area contributed by atoms with Gasteiger partial charge in [0.15, 0.2) is 0 Å². The van der Waals surface area contributed by atoms with Crippen molar-refractivity contribution in [3.63, 3.8) is 0 Å². The monoisotopic (exact) mass is 280 g/mol. The smallest absolute Gasteiger partial charge is 0.337 e. The zero-order valence-electron chi connectivity index (χ0n) is 8.51. The number of nitrogens with zero attached hydrogens (tertiary/aromatic N) is 2. The Morgan fingerprint density at radius 2 is 2.25 bits per heavy atom. The topological polar surface area (TPSA) is 55.1 Å². The number of carboxylic acids is 1. The fraction of sp³-hybridized carbons (Fsp3) is 0.0909. The van der Waals surface area contributed by atoms with Crippen molar-refractivity contribution in [2.24, 2.45) is 0 Å². The van der Waals surface area contributed by atoms with Gasteiger partial charge in [0.1, 0.15) is 0 Å². The molecule has 0 amide bonds. The number of hydrogen-bond donors (Lipinski definition) is 1. The molecule has 0 saturated carbocycles. The molecule has 0 aliphatic carbocycles. The molecule has 0 unspecified atom stereocenters. The van der Waals surface area contributed by atoms with E-state index in [0.717, 1.165) is 10.0 Å². The second-order valence-corrected chi connectivity index (χ2v) is 4.34. The van der Waals surface area contributed by atoms with E-state index in [4.69, 9.17) is 5.11 Å². The number of aromatic nitrogens is 2. The Morgan fingerprint density at radius 1 is 1.50 bits per heavy atom. The van der Waals surface area contributed by atoms with Crippen LogP contribution in [0.5, 0.6) is 0 Å². The van der Waals surface area contributed by atoms with E-state index in [0.29, 0.717) is 5.69 Å².